The number of alkyl halides is 3. The lowest BCUT2D eigenvalue weighted by atomic mass is 10.2. The molecule has 0 atom stereocenters. The van der Waals surface area contributed by atoms with E-state index < -0.39 is 11.9 Å². The maximum Gasteiger partial charge on any atom is 0.433 e. The van der Waals surface area contributed by atoms with Gasteiger partial charge in [-0.05, 0) is 18.6 Å². The van der Waals surface area contributed by atoms with Crippen molar-refractivity contribution in [2.24, 2.45) is 0 Å². The molecule has 0 saturated heterocycles. The number of anilines is 1. The summed E-state index contributed by atoms with van der Waals surface area (Å²) in [6.07, 6.45) is -1.45. The molecule has 0 aliphatic heterocycles. The van der Waals surface area contributed by atoms with Crippen LogP contribution in [0.2, 0.25) is 5.02 Å². The standard InChI is InChI=1S/C17H15ClF3N5/c1-2-13-14(18)16(24-10-23-13)22-8-11-9-25-26(15(11)17(19,20)21)12-6-4-3-5-7-12/h3-7,9-10H,2,8H2,1H3,(H,22,23,24). The van der Waals surface area contributed by atoms with Gasteiger partial charge in [0.2, 0.25) is 0 Å². The molecule has 9 heteroatoms. The van der Waals surface area contributed by atoms with Gasteiger partial charge in [-0.1, -0.05) is 36.7 Å². The molecule has 0 amide bonds. The maximum absolute atomic E-state index is 13.6. The van der Waals surface area contributed by atoms with Gasteiger partial charge in [0.15, 0.2) is 5.69 Å². The molecule has 0 fully saturated rings. The number of halogens is 4. The maximum atomic E-state index is 13.6. The lowest BCUT2D eigenvalue weighted by molar-refractivity contribution is -0.143. The zero-order valence-corrected chi connectivity index (χ0v) is 14.5. The van der Waals surface area contributed by atoms with E-state index in [1.807, 2.05) is 6.92 Å². The molecule has 26 heavy (non-hydrogen) atoms. The lowest BCUT2D eigenvalue weighted by Gasteiger charge is -2.14. The minimum atomic E-state index is -4.56. The summed E-state index contributed by atoms with van der Waals surface area (Å²) in [6, 6.07) is 8.16. The number of para-hydroxylation sites is 1. The van der Waals surface area contributed by atoms with E-state index in [9.17, 15) is 13.2 Å². The first-order valence-electron chi connectivity index (χ1n) is 7.84. The first kappa shape index (κ1) is 18.2. The summed E-state index contributed by atoms with van der Waals surface area (Å²) < 4.78 is 41.7. The molecule has 5 nitrogen and oxygen atoms in total. The van der Waals surface area contributed by atoms with Crippen molar-refractivity contribution in [2.45, 2.75) is 26.1 Å². The van der Waals surface area contributed by atoms with Gasteiger partial charge in [-0.25, -0.2) is 14.6 Å². The fourth-order valence-electron chi connectivity index (χ4n) is 2.53. The molecule has 3 aromatic rings. The Hall–Kier alpha value is -2.61. The highest BCUT2D eigenvalue weighted by molar-refractivity contribution is 6.33. The van der Waals surface area contributed by atoms with Crippen LogP contribution in [0.25, 0.3) is 5.69 Å². The van der Waals surface area contributed by atoms with Gasteiger partial charge in [-0.15, -0.1) is 0 Å². The molecule has 0 aliphatic carbocycles. The van der Waals surface area contributed by atoms with Crippen LogP contribution in [0.5, 0.6) is 0 Å². The molecule has 2 aromatic heterocycles. The zero-order chi connectivity index (χ0) is 18.7. The van der Waals surface area contributed by atoms with E-state index >= 15 is 0 Å². The summed E-state index contributed by atoms with van der Waals surface area (Å²) in [5.41, 5.74) is 0.116. The van der Waals surface area contributed by atoms with Gasteiger partial charge in [0.05, 0.1) is 17.6 Å². The van der Waals surface area contributed by atoms with Crippen LogP contribution in [0.4, 0.5) is 19.0 Å². The van der Waals surface area contributed by atoms with E-state index in [0.29, 0.717) is 28.6 Å². The quantitative estimate of drug-likeness (QED) is 0.706. The highest BCUT2D eigenvalue weighted by Crippen LogP contribution is 2.34. The fourth-order valence-corrected chi connectivity index (χ4v) is 2.83. The van der Waals surface area contributed by atoms with Crippen molar-refractivity contribution in [1.82, 2.24) is 19.7 Å². The van der Waals surface area contributed by atoms with Crippen molar-refractivity contribution in [3.63, 3.8) is 0 Å². The molecule has 1 N–H and O–H groups in total. The van der Waals surface area contributed by atoms with E-state index in [0.717, 1.165) is 4.68 Å². The van der Waals surface area contributed by atoms with Gasteiger partial charge in [0.25, 0.3) is 0 Å². The van der Waals surface area contributed by atoms with Crippen LogP contribution < -0.4 is 5.32 Å². The predicted octanol–water partition coefficient (Wildman–Crippen LogP) is 4.51. The fraction of sp³-hybridized carbons (Fsp3) is 0.235. The number of benzene rings is 1. The molecule has 0 spiro atoms. The topological polar surface area (TPSA) is 55.6 Å². The molecular weight excluding hydrogens is 367 g/mol. The second-order valence-electron chi connectivity index (χ2n) is 5.45. The second kappa shape index (κ2) is 7.33. The monoisotopic (exact) mass is 381 g/mol. The highest BCUT2D eigenvalue weighted by atomic mass is 35.5. The first-order chi connectivity index (χ1) is 12.4. The average Bonchev–Trinajstić information content (AvgIpc) is 3.06. The molecule has 3 rings (SSSR count). The van der Waals surface area contributed by atoms with Gasteiger partial charge < -0.3 is 5.32 Å². The Morgan fingerprint density at radius 3 is 2.54 bits per heavy atom. The first-order valence-corrected chi connectivity index (χ1v) is 8.22. The van der Waals surface area contributed by atoms with E-state index in [2.05, 4.69) is 20.4 Å². The molecule has 1 aromatic carbocycles. The minimum Gasteiger partial charge on any atom is -0.365 e. The van der Waals surface area contributed by atoms with Crippen LogP contribution in [-0.4, -0.2) is 19.7 Å². The number of nitrogens with one attached hydrogen (secondary N) is 1. The molecule has 0 radical (unpaired) electrons. The van der Waals surface area contributed by atoms with Crippen LogP contribution in [0.15, 0.2) is 42.9 Å². The van der Waals surface area contributed by atoms with Crippen LogP contribution in [0.3, 0.4) is 0 Å². The van der Waals surface area contributed by atoms with Crippen molar-refractivity contribution in [1.29, 1.82) is 0 Å². The Morgan fingerprint density at radius 1 is 1.15 bits per heavy atom. The number of aryl methyl sites for hydroxylation is 1. The van der Waals surface area contributed by atoms with Gasteiger partial charge in [-0.2, -0.15) is 18.3 Å². The molecule has 0 saturated carbocycles. The smallest absolute Gasteiger partial charge is 0.365 e. The highest BCUT2D eigenvalue weighted by Gasteiger charge is 2.38. The Bertz CT molecular complexity index is 893. The van der Waals surface area contributed by atoms with E-state index in [1.165, 1.54) is 12.5 Å². The predicted molar refractivity (Wildman–Crippen MR) is 92.3 cm³/mol. The van der Waals surface area contributed by atoms with Crippen LogP contribution in [-0.2, 0) is 19.1 Å². The van der Waals surface area contributed by atoms with Crippen molar-refractivity contribution < 1.29 is 13.2 Å². The molecule has 0 aliphatic rings. The van der Waals surface area contributed by atoms with E-state index in [4.69, 9.17) is 11.6 Å². The number of rotatable bonds is 5. The van der Waals surface area contributed by atoms with E-state index in [1.54, 1.807) is 30.3 Å². The summed E-state index contributed by atoms with van der Waals surface area (Å²) in [4.78, 5) is 8.03. The molecule has 0 unspecified atom stereocenters. The SMILES string of the molecule is CCc1ncnc(NCc2cnn(-c3ccccc3)c2C(F)(F)F)c1Cl. The Morgan fingerprint density at radius 2 is 1.88 bits per heavy atom. The van der Waals surface area contributed by atoms with Gasteiger partial charge in [0.1, 0.15) is 17.2 Å². The van der Waals surface area contributed by atoms with Crippen LogP contribution >= 0.6 is 11.6 Å². The third kappa shape index (κ3) is 3.65. The van der Waals surface area contributed by atoms with Crippen molar-refractivity contribution in [3.05, 3.63) is 64.8 Å². The number of hydrogen-bond acceptors (Lipinski definition) is 4. The molecule has 136 valence electrons. The van der Waals surface area contributed by atoms with E-state index in [-0.39, 0.29) is 12.1 Å². The van der Waals surface area contributed by atoms with Crippen molar-refractivity contribution in [3.8, 4) is 5.69 Å². The molecule has 0 bridgehead atoms. The largest absolute Gasteiger partial charge is 0.433 e. The van der Waals surface area contributed by atoms with Crippen LogP contribution in [0, 0.1) is 0 Å². The average molecular weight is 382 g/mol. The van der Waals surface area contributed by atoms with Crippen molar-refractivity contribution in [2.75, 3.05) is 5.32 Å². The third-order valence-corrected chi connectivity index (χ3v) is 4.15. The third-order valence-electron chi connectivity index (χ3n) is 3.76. The number of nitrogens with zero attached hydrogens (tertiary/aromatic N) is 4. The Kier molecular flexibility index (Phi) is 5.13. The number of aromatic nitrogens is 4. The number of hydrogen-bond donors (Lipinski definition) is 1. The minimum absolute atomic E-state index is 0.00548. The normalized spacial score (nSPS) is 11.6. The Labute approximate surface area is 152 Å². The molecular formula is C17H15ClF3N5. The molecule has 2 heterocycles. The summed E-state index contributed by atoms with van der Waals surface area (Å²) >= 11 is 6.18. The van der Waals surface area contributed by atoms with Gasteiger partial charge in [0, 0.05) is 12.1 Å². The summed E-state index contributed by atoms with van der Waals surface area (Å²) in [5, 5.41) is 7.06. The lowest BCUT2D eigenvalue weighted by Crippen LogP contribution is -2.17. The summed E-state index contributed by atoms with van der Waals surface area (Å²) in [7, 11) is 0. The summed E-state index contributed by atoms with van der Waals surface area (Å²) in [5.74, 6) is 0.291. The van der Waals surface area contributed by atoms with Gasteiger partial charge in [-0.3, -0.25) is 0 Å². The van der Waals surface area contributed by atoms with Crippen molar-refractivity contribution >= 4 is 17.4 Å². The van der Waals surface area contributed by atoms with Crippen LogP contribution in [0.1, 0.15) is 23.9 Å². The summed E-state index contributed by atoms with van der Waals surface area (Å²) in [6.45, 7) is 1.76. The Balaban J connectivity index is 1.93. The zero-order valence-electron chi connectivity index (χ0n) is 13.8. The van der Waals surface area contributed by atoms with Gasteiger partial charge >= 0.3 is 6.18 Å². The second-order valence-corrected chi connectivity index (χ2v) is 5.83.